The van der Waals surface area contributed by atoms with E-state index < -0.39 is 5.97 Å². The van der Waals surface area contributed by atoms with Crippen LogP contribution in [0.3, 0.4) is 0 Å². The van der Waals surface area contributed by atoms with Crippen LogP contribution in [0, 0.1) is 0 Å². The fourth-order valence-corrected chi connectivity index (χ4v) is 1.60. The molecule has 1 amide bonds. The zero-order chi connectivity index (χ0) is 13.0. The maximum atomic E-state index is 11.3. The van der Waals surface area contributed by atoms with Crippen LogP contribution in [-0.4, -0.2) is 27.0 Å². The Hall–Kier alpha value is -2.37. The number of carbonyl (C=O) groups excluding carboxylic acids is 1. The maximum Gasteiger partial charge on any atom is 0.303 e. The summed E-state index contributed by atoms with van der Waals surface area (Å²) in [6.45, 7) is 0.382. The second kappa shape index (κ2) is 5.31. The molecule has 0 saturated heterocycles. The van der Waals surface area contributed by atoms with Crippen molar-refractivity contribution in [3.8, 4) is 0 Å². The van der Waals surface area contributed by atoms with E-state index in [9.17, 15) is 9.59 Å². The van der Waals surface area contributed by atoms with Crippen LogP contribution in [0.1, 0.15) is 18.4 Å². The predicted octanol–water partition coefficient (Wildman–Crippen LogP) is 1.04. The molecular formula is C12H13N3O3. The lowest BCUT2D eigenvalue weighted by molar-refractivity contribution is -0.138. The normalized spacial score (nSPS) is 10.4. The van der Waals surface area contributed by atoms with Crippen LogP contribution in [0.4, 0.5) is 0 Å². The number of hydrogen-bond donors (Lipinski definition) is 3. The third-order valence-corrected chi connectivity index (χ3v) is 2.54. The van der Waals surface area contributed by atoms with E-state index >= 15 is 0 Å². The van der Waals surface area contributed by atoms with Crippen molar-refractivity contribution in [2.75, 3.05) is 0 Å². The van der Waals surface area contributed by atoms with E-state index in [0.717, 1.165) is 16.6 Å². The molecule has 3 N–H and O–H groups in total. The zero-order valence-corrected chi connectivity index (χ0v) is 9.64. The highest BCUT2D eigenvalue weighted by Gasteiger charge is 2.05. The van der Waals surface area contributed by atoms with E-state index in [-0.39, 0.29) is 18.7 Å². The Morgan fingerprint density at radius 2 is 2.17 bits per heavy atom. The Kier molecular flexibility index (Phi) is 3.57. The van der Waals surface area contributed by atoms with Crippen molar-refractivity contribution in [1.82, 2.24) is 15.3 Å². The van der Waals surface area contributed by atoms with Gasteiger partial charge in [-0.2, -0.15) is 0 Å². The fraction of sp³-hybridized carbons (Fsp3) is 0.250. The van der Waals surface area contributed by atoms with Gasteiger partial charge >= 0.3 is 5.97 Å². The van der Waals surface area contributed by atoms with Crippen LogP contribution in [0.5, 0.6) is 0 Å². The number of hydrogen-bond acceptors (Lipinski definition) is 3. The molecule has 0 aliphatic heterocycles. The largest absolute Gasteiger partial charge is 0.481 e. The molecule has 0 radical (unpaired) electrons. The van der Waals surface area contributed by atoms with E-state index in [4.69, 9.17) is 5.11 Å². The van der Waals surface area contributed by atoms with Gasteiger partial charge in [0.05, 0.1) is 23.8 Å². The quantitative estimate of drug-likeness (QED) is 0.735. The first kappa shape index (κ1) is 12.1. The van der Waals surface area contributed by atoms with E-state index in [1.54, 1.807) is 6.33 Å². The molecule has 94 valence electrons. The SMILES string of the molecule is O=C(O)CCC(=O)NCc1ccc2nc[nH]c2c1. The molecule has 0 spiro atoms. The molecule has 0 fully saturated rings. The van der Waals surface area contributed by atoms with Crippen LogP contribution < -0.4 is 5.32 Å². The number of aliphatic carboxylic acids is 1. The second-order valence-electron chi connectivity index (χ2n) is 3.92. The average molecular weight is 247 g/mol. The molecule has 1 aromatic heterocycles. The smallest absolute Gasteiger partial charge is 0.303 e. The maximum absolute atomic E-state index is 11.3. The second-order valence-corrected chi connectivity index (χ2v) is 3.92. The van der Waals surface area contributed by atoms with Gasteiger partial charge in [-0.1, -0.05) is 6.07 Å². The number of nitrogens with one attached hydrogen (secondary N) is 2. The molecule has 6 nitrogen and oxygen atoms in total. The van der Waals surface area contributed by atoms with Gasteiger partial charge in [-0.3, -0.25) is 9.59 Å². The molecule has 0 unspecified atom stereocenters. The van der Waals surface area contributed by atoms with Crippen molar-refractivity contribution in [3.05, 3.63) is 30.1 Å². The number of benzene rings is 1. The van der Waals surface area contributed by atoms with Crippen molar-refractivity contribution >= 4 is 22.9 Å². The summed E-state index contributed by atoms with van der Waals surface area (Å²) in [6, 6.07) is 5.64. The molecule has 2 rings (SSSR count). The molecule has 1 aromatic carbocycles. The summed E-state index contributed by atoms with van der Waals surface area (Å²) in [5.41, 5.74) is 2.72. The minimum absolute atomic E-state index is 0.00162. The highest BCUT2D eigenvalue weighted by atomic mass is 16.4. The van der Waals surface area contributed by atoms with Crippen molar-refractivity contribution in [2.24, 2.45) is 0 Å². The van der Waals surface area contributed by atoms with Gasteiger partial charge in [-0.15, -0.1) is 0 Å². The number of aromatic nitrogens is 2. The van der Waals surface area contributed by atoms with E-state index in [1.807, 2.05) is 18.2 Å². The first-order chi connectivity index (χ1) is 8.65. The molecule has 1 heterocycles. The Morgan fingerprint density at radius 1 is 1.33 bits per heavy atom. The van der Waals surface area contributed by atoms with Crippen LogP contribution in [0.15, 0.2) is 24.5 Å². The minimum Gasteiger partial charge on any atom is -0.481 e. The lowest BCUT2D eigenvalue weighted by Gasteiger charge is -2.04. The van der Waals surface area contributed by atoms with Gasteiger partial charge in [0.1, 0.15) is 0 Å². The van der Waals surface area contributed by atoms with Gasteiger partial charge in [0.2, 0.25) is 5.91 Å². The number of carboxylic acid groups (broad SMARTS) is 1. The van der Waals surface area contributed by atoms with Crippen LogP contribution in [-0.2, 0) is 16.1 Å². The van der Waals surface area contributed by atoms with Crippen LogP contribution in [0.2, 0.25) is 0 Å². The van der Waals surface area contributed by atoms with Gasteiger partial charge in [-0.05, 0) is 17.7 Å². The average Bonchev–Trinajstić information content (AvgIpc) is 2.81. The monoisotopic (exact) mass is 247 g/mol. The summed E-state index contributed by atoms with van der Waals surface area (Å²) in [5, 5.41) is 11.1. The molecule has 0 aliphatic carbocycles. The predicted molar refractivity (Wildman–Crippen MR) is 64.8 cm³/mol. The number of fused-ring (bicyclic) bond motifs is 1. The highest BCUT2D eigenvalue weighted by Crippen LogP contribution is 2.11. The van der Waals surface area contributed by atoms with E-state index in [1.165, 1.54) is 0 Å². The van der Waals surface area contributed by atoms with E-state index in [2.05, 4.69) is 15.3 Å². The Balaban J connectivity index is 1.89. The number of imidazole rings is 1. The van der Waals surface area contributed by atoms with Crippen LogP contribution >= 0.6 is 0 Å². The lowest BCUT2D eigenvalue weighted by atomic mass is 10.2. The van der Waals surface area contributed by atoms with Crippen molar-refractivity contribution in [2.45, 2.75) is 19.4 Å². The number of nitrogens with zero attached hydrogens (tertiary/aromatic N) is 1. The minimum atomic E-state index is -0.968. The first-order valence-electron chi connectivity index (χ1n) is 5.55. The van der Waals surface area contributed by atoms with Crippen molar-refractivity contribution in [1.29, 1.82) is 0 Å². The summed E-state index contributed by atoms with van der Waals surface area (Å²) < 4.78 is 0. The molecule has 0 atom stereocenters. The summed E-state index contributed by atoms with van der Waals surface area (Å²) in [4.78, 5) is 28.7. The Morgan fingerprint density at radius 3 is 2.94 bits per heavy atom. The Labute approximate surface area is 103 Å². The number of carboxylic acids is 1. The standard InChI is InChI=1S/C12H13N3O3/c16-11(3-4-12(17)18)13-6-8-1-2-9-10(5-8)15-7-14-9/h1-2,5,7H,3-4,6H2,(H,13,16)(H,14,15)(H,17,18). The van der Waals surface area contributed by atoms with Crippen molar-refractivity contribution in [3.63, 3.8) is 0 Å². The number of carbonyl (C=O) groups is 2. The number of aromatic amines is 1. The Bertz CT molecular complexity index is 577. The molecule has 6 heteroatoms. The summed E-state index contributed by atoms with van der Waals surface area (Å²) in [7, 11) is 0. The topological polar surface area (TPSA) is 95.1 Å². The van der Waals surface area contributed by atoms with Gasteiger partial charge in [0.25, 0.3) is 0 Å². The van der Waals surface area contributed by atoms with E-state index in [0.29, 0.717) is 6.54 Å². The molecule has 2 aromatic rings. The van der Waals surface area contributed by atoms with Gasteiger partial charge in [0.15, 0.2) is 0 Å². The zero-order valence-electron chi connectivity index (χ0n) is 9.64. The van der Waals surface area contributed by atoms with Gasteiger partial charge in [-0.25, -0.2) is 4.98 Å². The van der Waals surface area contributed by atoms with Gasteiger partial charge in [0, 0.05) is 13.0 Å². The fourth-order valence-electron chi connectivity index (χ4n) is 1.60. The highest BCUT2D eigenvalue weighted by molar-refractivity contribution is 5.80. The number of amides is 1. The van der Waals surface area contributed by atoms with Gasteiger partial charge < -0.3 is 15.4 Å². The summed E-state index contributed by atoms with van der Waals surface area (Å²) in [5.74, 6) is -1.23. The van der Waals surface area contributed by atoms with Crippen molar-refractivity contribution < 1.29 is 14.7 Å². The number of H-pyrrole nitrogens is 1. The number of rotatable bonds is 5. The third-order valence-electron chi connectivity index (χ3n) is 2.54. The third kappa shape index (κ3) is 3.07. The lowest BCUT2D eigenvalue weighted by Crippen LogP contribution is -2.23. The first-order valence-corrected chi connectivity index (χ1v) is 5.55. The molecule has 0 aliphatic rings. The molecule has 18 heavy (non-hydrogen) atoms. The summed E-state index contributed by atoms with van der Waals surface area (Å²) >= 11 is 0. The molecular weight excluding hydrogens is 234 g/mol. The molecule has 0 bridgehead atoms. The summed E-state index contributed by atoms with van der Waals surface area (Å²) in [6.07, 6.45) is 1.47. The van der Waals surface area contributed by atoms with Crippen LogP contribution in [0.25, 0.3) is 11.0 Å². The molecule has 0 saturated carbocycles.